The summed E-state index contributed by atoms with van der Waals surface area (Å²) < 4.78 is 83.6. The molecule has 127 heavy (non-hydrogen) atoms. The molecule has 0 unspecified atom stereocenters. The number of aromatic amines is 1. The lowest BCUT2D eigenvalue weighted by Crippen LogP contribution is -2.44. The second-order valence-corrected chi connectivity index (χ2v) is 34.2. The minimum atomic E-state index is -0.973. The molecule has 0 radical (unpaired) electrons. The second kappa shape index (κ2) is 38.9. The van der Waals surface area contributed by atoms with Gasteiger partial charge in [-0.05, 0) is 146 Å². The molecule has 3 aliphatic carbocycles. The van der Waals surface area contributed by atoms with Crippen molar-refractivity contribution in [3.63, 3.8) is 0 Å². The van der Waals surface area contributed by atoms with Gasteiger partial charge < -0.3 is 54.6 Å². The van der Waals surface area contributed by atoms with Crippen molar-refractivity contribution >= 4 is 93.9 Å². The van der Waals surface area contributed by atoms with Crippen molar-refractivity contribution < 1.29 is 75.8 Å². The zero-order valence-electron chi connectivity index (χ0n) is 69.7. The molecule has 9 aromatic heterocycles. The van der Waals surface area contributed by atoms with Gasteiger partial charge in [-0.15, -0.1) is 14.4 Å². The van der Waals surface area contributed by atoms with E-state index in [1.807, 2.05) is 0 Å². The van der Waals surface area contributed by atoms with Crippen molar-refractivity contribution in [2.45, 2.75) is 191 Å². The van der Waals surface area contributed by atoms with Crippen molar-refractivity contribution in [3.8, 4) is 32.3 Å². The summed E-state index contributed by atoms with van der Waals surface area (Å²) in [6, 6.07) is 9.61. The molecule has 6 fully saturated rings. The van der Waals surface area contributed by atoms with E-state index in [0.29, 0.717) is 189 Å². The Balaban J connectivity index is 0.000000137. The van der Waals surface area contributed by atoms with Gasteiger partial charge in [0, 0.05) is 78.7 Å². The molecule has 3 aliphatic heterocycles. The predicted octanol–water partition coefficient (Wildman–Crippen LogP) is 7.07. The number of ketones is 2. The molecule has 0 spiro atoms. The SMILES string of the molecule is COc1ccc(F)cc1[C@H](CO)OC1CCC(=O)CC1.COc1ccc(F)cc1[C@H](Cn1c(=O)n([C@@H]2CCNC2=O)c(=O)c2c(C)c(-n3nccn3)sc21)OC1CCC(=O)CC1.COc1ccc(F)cc1[C@H](Cn1c(=O)n([C@@H]2CCNC2=O)c(=O)c2c(C)c(-n3nccn3)sc21)OC1CCC(O)CC1.Cc1c(-n2nccn2)sc2[nH]c(=O)n([C@@H]3CCNC3=O)c(=O)c12. The molecule has 6 N–H and O–H groups in total. The van der Waals surface area contributed by atoms with E-state index in [4.69, 9.17) is 28.4 Å². The normalized spacial score (nSPS) is 19.3. The van der Waals surface area contributed by atoms with Gasteiger partial charge in [-0.25, -0.2) is 41.3 Å². The lowest BCUT2D eigenvalue weighted by atomic mass is 9.94. The van der Waals surface area contributed by atoms with E-state index >= 15 is 0 Å². The van der Waals surface area contributed by atoms with Gasteiger partial charge in [0.1, 0.15) is 112 Å². The molecular formula is C84H91F3N18O19S3. The number of aliphatic hydroxyl groups excluding tert-OH is 2. The van der Waals surface area contributed by atoms with E-state index in [0.717, 1.165) is 13.7 Å². The van der Waals surface area contributed by atoms with Crippen LogP contribution in [0, 0.1) is 38.2 Å². The number of methoxy groups -OCH3 is 3. The van der Waals surface area contributed by atoms with Gasteiger partial charge in [0.2, 0.25) is 17.7 Å². The van der Waals surface area contributed by atoms with Crippen LogP contribution in [0.25, 0.3) is 45.7 Å². The first-order valence-corrected chi connectivity index (χ1v) is 43.8. The molecule has 18 rings (SSSR count). The molecule has 12 aromatic rings. The number of halogens is 3. The van der Waals surface area contributed by atoms with E-state index in [9.17, 15) is 76.1 Å². The fourth-order valence-electron chi connectivity index (χ4n) is 16.9. The maximum Gasteiger partial charge on any atom is 0.332 e. The topological polar surface area (TPSA) is 452 Å². The number of carbonyl (C=O) groups is 5. The van der Waals surface area contributed by atoms with Crippen molar-refractivity contribution in [2.75, 3.05) is 47.6 Å². The van der Waals surface area contributed by atoms with Crippen molar-refractivity contribution in [2.24, 2.45) is 0 Å². The highest BCUT2D eigenvalue weighted by molar-refractivity contribution is 7.22. The molecule has 43 heteroatoms. The zero-order valence-corrected chi connectivity index (χ0v) is 72.2. The first-order valence-electron chi connectivity index (χ1n) is 41.3. The minimum absolute atomic E-state index is 0.0853. The summed E-state index contributed by atoms with van der Waals surface area (Å²) in [5.41, 5.74) is -0.449. The summed E-state index contributed by atoms with van der Waals surface area (Å²) in [7, 11) is 4.42. The summed E-state index contributed by atoms with van der Waals surface area (Å²) in [6.07, 6.45) is 13.0. The molecule has 12 heterocycles. The lowest BCUT2D eigenvalue weighted by molar-refractivity contribution is -0.125. The summed E-state index contributed by atoms with van der Waals surface area (Å²) in [5.74, 6) is -0.894. The van der Waals surface area contributed by atoms with Crippen LogP contribution in [-0.4, -0.2) is 184 Å². The van der Waals surface area contributed by atoms with Crippen molar-refractivity contribution in [3.05, 3.63) is 205 Å². The summed E-state index contributed by atoms with van der Waals surface area (Å²) in [6.45, 7) is 5.95. The molecule has 3 saturated heterocycles. The molecular weight excluding hydrogens is 1720 g/mol. The second-order valence-electron chi connectivity index (χ2n) is 31.3. The largest absolute Gasteiger partial charge is 0.496 e. The van der Waals surface area contributed by atoms with Crippen LogP contribution in [0.5, 0.6) is 17.2 Å². The van der Waals surface area contributed by atoms with E-state index in [1.54, 1.807) is 20.8 Å². The van der Waals surface area contributed by atoms with Crippen LogP contribution < -0.4 is 63.9 Å². The number of ether oxygens (including phenoxy) is 6. The number of thiophene rings is 3. The van der Waals surface area contributed by atoms with E-state index in [2.05, 4.69) is 51.5 Å². The predicted molar refractivity (Wildman–Crippen MR) is 457 cm³/mol. The molecule has 6 atom stereocenters. The monoisotopic (exact) mass is 1810 g/mol. The van der Waals surface area contributed by atoms with Crippen LogP contribution in [0.1, 0.15) is 166 Å². The number of aliphatic hydroxyl groups is 2. The molecule has 670 valence electrons. The number of nitrogens with one attached hydrogen (secondary N) is 4. The average Bonchev–Trinajstić information content (AvgIpc) is 1.60. The fraction of sp³-hybridized carbons (Fsp3) is 0.440. The van der Waals surface area contributed by atoms with Crippen molar-refractivity contribution in [1.29, 1.82) is 0 Å². The average molecular weight is 1810 g/mol. The number of nitrogens with zero attached hydrogens (tertiary/aromatic N) is 14. The van der Waals surface area contributed by atoms with Gasteiger partial charge in [-0.2, -0.15) is 30.6 Å². The highest BCUT2D eigenvalue weighted by atomic mass is 32.1. The zero-order chi connectivity index (χ0) is 89.8. The fourth-order valence-corrected chi connectivity index (χ4v) is 20.5. The Morgan fingerprint density at radius 3 is 1.12 bits per heavy atom. The Morgan fingerprint density at radius 2 is 0.764 bits per heavy atom. The lowest BCUT2D eigenvalue weighted by Gasteiger charge is -2.31. The number of benzene rings is 3. The number of aryl methyl sites for hydroxylation is 3. The van der Waals surface area contributed by atoms with Gasteiger partial charge in [-0.3, -0.25) is 52.5 Å². The Morgan fingerprint density at radius 1 is 0.433 bits per heavy atom. The Hall–Kier alpha value is -12.3. The number of hydrogen-bond donors (Lipinski definition) is 6. The van der Waals surface area contributed by atoms with Gasteiger partial charge in [0.05, 0.1) is 119 Å². The standard InChI is InChI=1S/C28H31FN6O6S.C28H29FN6O6S.C15H19FO4.C13H12N6O3S/c2*1-15-23-25(38)34(20-9-10-30-24(20)37)28(39)33(27(23)42-26(15)35-31-11-12-32-35)14-22(41-18-6-4-17(36)5-7-18)19-13-16(29)3-8-21(19)40-2;1-19-14-7-2-10(16)8-13(14)15(9-17)20-12-5-3-11(18)4-6-12;1-6-8-10(23-12(6)19-15-4-5-16-19)17-13(22)18(11(8)21)7-2-3-14-9(7)20/h3,8,11-13,17-18,20,22,36H,4-7,9-10,14H2,1-2H3,(H,30,37);3,8,11-13,18,20,22H,4-7,9-10,14H2,1-2H3,(H,30,37);2,7-8,12,15,17H,3-6,9H2,1H3;4-5,7H,2-3H2,1H3,(H,14,20)(H,17,22)/t17?,18?,20-,22+;20-,22+;15-;7-/m1101/s1. The number of carbonyl (C=O) groups excluding carboxylic acids is 5. The third-order valence-electron chi connectivity index (χ3n) is 23.4. The first-order chi connectivity index (χ1) is 61.2. The molecule has 37 nitrogen and oxygen atoms in total. The maximum absolute atomic E-state index is 14.6. The van der Waals surface area contributed by atoms with Crippen LogP contribution in [0.15, 0.2) is 121 Å². The summed E-state index contributed by atoms with van der Waals surface area (Å²) >= 11 is 3.58. The van der Waals surface area contributed by atoms with Gasteiger partial charge in [0.25, 0.3) is 16.7 Å². The molecule has 3 aromatic carbocycles. The maximum atomic E-state index is 14.6. The van der Waals surface area contributed by atoms with Crippen LogP contribution >= 0.6 is 34.0 Å². The molecule has 6 aliphatic rings. The Bertz CT molecular complexity index is 6490. The summed E-state index contributed by atoms with van der Waals surface area (Å²) in [4.78, 5) is 150. The Kier molecular flexibility index (Phi) is 27.4. The highest BCUT2D eigenvalue weighted by Gasteiger charge is 2.39. The van der Waals surface area contributed by atoms with Gasteiger partial charge >= 0.3 is 17.1 Å². The number of H-pyrrole nitrogens is 1. The quantitative estimate of drug-likeness (QED) is 0.0372. The third kappa shape index (κ3) is 18.7. The molecule has 0 bridgehead atoms. The number of rotatable bonds is 23. The molecule has 3 saturated carbocycles. The number of fused-ring (bicyclic) bond motifs is 3. The van der Waals surface area contributed by atoms with Crippen LogP contribution in [0.2, 0.25) is 0 Å². The van der Waals surface area contributed by atoms with E-state index < -0.39 is 106 Å². The minimum Gasteiger partial charge on any atom is -0.496 e. The van der Waals surface area contributed by atoms with Gasteiger partial charge in [0.15, 0.2) is 0 Å². The first kappa shape index (κ1) is 89.6. The Labute approximate surface area is 730 Å². The number of Topliss-reactive ketones (excluding diaryl/α,β-unsaturated/α-hetero) is 2. The van der Waals surface area contributed by atoms with E-state index in [1.165, 1.54) is 171 Å². The number of aromatic nitrogens is 15. The molecule has 3 amide bonds. The van der Waals surface area contributed by atoms with Crippen LogP contribution in [-0.2, 0) is 51.3 Å². The smallest absolute Gasteiger partial charge is 0.332 e. The number of amides is 3. The summed E-state index contributed by atoms with van der Waals surface area (Å²) in [5, 5.41) is 55.2. The number of hydrogen-bond acceptors (Lipinski definition) is 28. The van der Waals surface area contributed by atoms with Crippen LogP contribution in [0.3, 0.4) is 0 Å². The van der Waals surface area contributed by atoms with E-state index in [-0.39, 0.29) is 79.1 Å². The van der Waals surface area contributed by atoms with Gasteiger partial charge in [-0.1, -0.05) is 34.0 Å². The van der Waals surface area contributed by atoms with Crippen molar-refractivity contribution in [1.82, 2.24) is 88.8 Å². The van der Waals surface area contributed by atoms with Crippen LogP contribution in [0.4, 0.5) is 13.2 Å². The highest BCUT2D eigenvalue weighted by Crippen LogP contribution is 2.41. The third-order valence-corrected chi connectivity index (χ3v) is 27.1.